The molecular formula is C26H26N4O4S. The number of imidazole rings is 1. The Kier molecular flexibility index (Phi) is 7.38. The summed E-state index contributed by atoms with van der Waals surface area (Å²) in [5.41, 5.74) is 3.01. The highest BCUT2D eigenvalue weighted by atomic mass is 32.2. The Morgan fingerprint density at radius 1 is 0.971 bits per heavy atom. The van der Waals surface area contributed by atoms with Crippen LogP contribution < -0.4 is 10.0 Å². The second-order valence-electron chi connectivity index (χ2n) is 8.18. The molecule has 0 saturated heterocycles. The van der Waals surface area contributed by atoms with Crippen LogP contribution in [0.5, 0.6) is 0 Å². The number of benzene rings is 3. The van der Waals surface area contributed by atoms with Crippen LogP contribution in [0.3, 0.4) is 0 Å². The Morgan fingerprint density at radius 3 is 2.46 bits per heavy atom. The Balaban J connectivity index is 1.43. The lowest BCUT2D eigenvalue weighted by Gasteiger charge is -2.17. The zero-order valence-corrected chi connectivity index (χ0v) is 20.0. The average molecular weight is 491 g/mol. The number of fused-ring (bicyclic) bond motifs is 1. The van der Waals surface area contributed by atoms with E-state index in [-0.39, 0.29) is 29.6 Å². The van der Waals surface area contributed by atoms with Crippen LogP contribution in [0.4, 0.5) is 0 Å². The van der Waals surface area contributed by atoms with Crippen molar-refractivity contribution in [3.8, 4) is 0 Å². The first kappa shape index (κ1) is 24.3. The smallest absolute Gasteiger partial charge is 0.240 e. The van der Waals surface area contributed by atoms with Gasteiger partial charge in [-0.3, -0.25) is 9.59 Å². The number of sulfonamides is 1. The molecule has 3 aromatic carbocycles. The van der Waals surface area contributed by atoms with Crippen LogP contribution in [0.15, 0.2) is 83.8 Å². The molecule has 1 heterocycles. The third kappa shape index (κ3) is 6.20. The second kappa shape index (κ2) is 10.6. The van der Waals surface area contributed by atoms with Gasteiger partial charge in [-0.25, -0.2) is 18.1 Å². The Hall–Kier alpha value is -3.82. The minimum absolute atomic E-state index is 0.0187. The van der Waals surface area contributed by atoms with Gasteiger partial charge >= 0.3 is 0 Å². The maximum absolute atomic E-state index is 12.8. The highest BCUT2D eigenvalue weighted by Crippen LogP contribution is 2.20. The SMILES string of the molecule is CC(=O)c1cccc(S(=O)(=O)NCCC(=O)N[C@@H](Cc2ccccc2)c2nc3ccccc3[nH]2)c1. The number of carbonyl (C=O) groups is 2. The van der Waals surface area contributed by atoms with E-state index in [0.29, 0.717) is 17.8 Å². The molecule has 4 aromatic rings. The molecular weight excluding hydrogens is 464 g/mol. The molecule has 9 heteroatoms. The molecule has 0 spiro atoms. The number of aromatic amines is 1. The third-order valence-electron chi connectivity index (χ3n) is 5.55. The molecule has 3 N–H and O–H groups in total. The van der Waals surface area contributed by atoms with Gasteiger partial charge in [-0.1, -0.05) is 54.6 Å². The maximum Gasteiger partial charge on any atom is 0.240 e. The molecule has 180 valence electrons. The number of hydrogen-bond acceptors (Lipinski definition) is 5. The number of H-pyrrole nitrogens is 1. The minimum Gasteiger partial charge on any atom is -0.346 e. The molecule has 1 aromatic heterocycles. The van der Waals surface area contributed by atoms with E-state index in [2.05, 4.69) is 20.0 Å². The number of ketones is 1. The standard InChI is InChI=1S/C26H26N4O4S/c1-18(31)20-10-7-11-21(17-20)35(33,34)27-15-14-25(32)28-24(16-19-8-3-2-4-9-19)26-29-22-12-5-6-13-23(22)30-26/h2-13,17,24,27H,14-16H2,1H3,(H,28,32)(H,29,30)/t24-/m0/s1. The van der Waals surface area contributed by atoms with Crippen LogP contribution in [0.2, 0.25) is 0 Å². The highest BCUT2D eigenvalue weighted by molar-refractivity contribution is 7.89. The Bertz CT molecular complexity index is 1420. The van der Waals surface area contributed by atoms with Crippen molar-refractivity contribution in [2.75, 3.05) is 6.54 Å². The monoisotopic (exact) mass is 490 g/mol. The molecule has 1 atom stereocenters. The molecule has 0 aliphatic carbocycles. The lowest BCUT2D eigenvalue weighted by molar-refractivity contribution is -0.121. The van der Waals surface area contributed by atoms with Crippen molar-refractivity contribution < 1.29 is 18.0 Å². The summed E-state index contributed by atoms with van der Waals surface area (Å²) < 4.78 is 27.6. The normalized spacial score (nSPS) is 12.4. The van der Waals surface area contributed by atoms with Gasteiger partial charge in [-0.15, -0.1) is 0 Å². The molecule has 0 unspecified atom stereocenters. The van der Waals surface area contributed by atoms with Gasteiger partial charge in [0, 0.05) is 18.5 Å². The minimum atomic E-state index is -3.86. The fraction of sp³-hybridized carbons (Fsp3) is 0.192. The first-order valence-electron chi connectivity index (χ1n) is 11.2. The molecule has 0 aliphatic rings. The van der Waals surface area contributed by atoms with E-state index in [1.165, 1.54) is 25.1 Å². The number of amides is 1. The van der Waals surface area contributed by atoms with Crippen LogP contribution in [-0.2, 0) is 21.2 Å². The molecule has 0 aliphatic heterocycles. The van der Waals surface area contributed by atoms with Crippen LogP contribution in [0, 0.1) is 0 Å². The largest absolute Gasteiger partial charge is 0.346 e. The average Bonchev–Trinajstić information content (AvgIpc) is 3.29. The lowest BCUT2D eigenvalue weighted by Crippen LogP contribution is -2.34. The van der Waals surface area contributed by atoms with Gasteiger partial charge in [-0.05, 0) is 43.2 Å². The van der Waals surface area contributed by atoms with Crippen molar-refractivity contribution in [1.82, 2.24) is 20.0 Å². The van der Waals surface area contributed by atoms with Gasteiger partial charge in [0.05, 0.1) is 22.0 Å². The number of nitrogens with zero attached hydrogens (tertiary/aromatic N) is 1. The van der Waals surface area contributed by atoms with Gasteiger partial charge in [0.15, 0.2) is 5.78 Å². The van der Waals surface area contributed by atoms with Gasteiger partial charge in [-0.2, -0.15) is 0 Å². The number of aromatic nitrogens is 2. The molecule has 4 rings (SSSR count). The van der Waals surface area contributed by atoms with Gasteiger partial charge < -0.3 is 10.3 Å². The van der Waals surface area contributed by atoms with Gasteiger partial charge in [0.1, 0.15) is 5.82 Å². The van der Waals surface area contributed by atoms with E-state index in [1.807, 2.05) is 54.6 Å². The molecule has 0 fully saturated rings. The molecule has 8 nitrogen and oxygen atoms in total. The van der Waals surface area contributed by atoms with Gasteiger partial charge in [0.2, 0.25) is 15.9 Å². The number of Topliss-reactive ketones (excluding diaryl/α,β-unsaturated/α-hetero) is 1. The van der Waals surface area contributed by atoms with Crippen LogP contribution in [0.25, 0.3) is 11.0 Å². The molecule has 0 bridgehead atoms. The van der Waals surface area contributed by atoms with Crippen molar-refractivity contribution in [2.45, 2.75) is 30.7 Å². The molecule has 0 radical (unpaired) electrons. The number of nitrogens with one attached hydrogen (secondary N) is 3. The number of para-hydroxylation sites is 2. The first-order chi connectivity index (χ1) is 16.8. The number of hydrogen-bond donors (Lipinski definition) is 3. The fourth-order valence-corrected chi connectivity index (χ4v) is 4.81. The summed E-state index contributed by atoms with van der Waals surface area (Å²) in [7, 11) is -3.86. The first-order valence-corrected chi connectivity index (χ1v) is 12.7. The zero-order valence-electron chi connectivity index (χ0n) is 19.2. The predicted molar refractivity (Wildman–Crippen MR) is 133 cm³/mol. The van der Waals surface area contributed by atoms with E-state index in [9.17, 15) is 18.0 Å². The van der Waals surface area contributed by atoms with Crippen LogP contribution >= 0.6 is 0 Å². The summed E-state index contributed by atoms with van der Waals surface area (Å²) in [4.78, 5) is 32.2. The Morgan fingerprint density at radius 2 is 1.71 bits per heavy atom. The summed E-state index contributed by atoms with van der Waals surface area (Å²) in [5, 5.41) is 2.98. The lowest BCUT2D eigenvalue weighted by atomic mass is 10.1. The van der Waals surface area contributed by atoms with E-state index in [4.69, 9.17) is 0 Å². The van der Waals surface area contributed by atoms with Crippen molar-refractivity contribution in [3.63, 3.8) is 0 Å². The van der Waals surface area contributed by atoms with Crippen molar-refractivity contribution >= 4 is 32.7 Å². The summed E-state index contributed by atoms with van der Waals surface area (Å²) in [5.74, 6) is 0.0908. The molecule has 35 heavy (non-hydrogen) atoms. The maximum atomic E-state index is 12.8. The van der Waals surface area contributed by atoms with Crippen LogP contribution in [-0.4, -0.2) is 36.6 Å². The van der Waals surface area contributed by atoms with Gasteiger partial charge in [0.25, 0.3) is 0 Å². The zero-order chi connectivity index (χ0) is 24.8. The summed E-state index contributed by atoms with van der Waals surface area (Å²) in [6.07, 6.45) is 0.465. The summed E-state index contributed by atoms with van der Waals surface area (Å²) in [6, 6.07) is 22.8. The van der Waals surface area contributed by atoms with Crippen molar-refractivity contribution in [1.29, 1.82) is 0 Å². The van der Waals surface area contributed by atoms with Crippen LogP contribution in [0.1, 0.15) is 41.1 Å². The highest BCUT2D eigenvalue weighted by Gasteiger charge is 2.20. The van der Waals surface area contributed by atoms with Crippen molar-refractivity contribution in [2.24, 2.45) is 0 Å². The fourth-order valence-electron chi connectivity index (χ4n) is 3.73. The summed E-state index contributed by atoms with van der Waals surface area (Å²) in [6.45, 7) is 1.29. The van der Waals surface area contributed by atoms with E-state index >= 15 is 0 Å². The van der Waals surface area contributed by atoms with E-state index in [1.54, 1.807) is 6.07 Å². The molecule has 1 amide bonds. The summed E-state index contributed by atoms with van der Waals surface area (Å²) >= 11 is 0. The number of carbonyl (C=O) groups excluding carboxylic acids is 2. The quantitative estimate of drug-likeness (QED) is 0.294. The topological polar surface area (TPSA) is 121 Å². The van der Waals surface area contributed by atoms with Crippen molar-refractivity contribution in [3.05, 3.63) is 95.8 Å². The molecule has 0 saturated carbocycles. The number of rotatable bonds is 10. The Labute approximate surface area is 203 Å². The second-order valence-corrected chi connectivity index (χ2v) is 9.95. The third-order valence-corrected chi connectivity index (χ3v) is 7.01. The van der Waals surface area contributed by atoms with E-state index in [0.717, 1.165) is 16.6 Å². The predicted octanol–water partition coefficient (Wildman–Crippen LogP) is 3.53. The van der Waals surface area contributed by atoms with E-state index < -0.39 is 16.1 Å².